The summed E-state index contributed by atoms with van der Waals surface area (Å²) in [7, 11) is 1.67. The molecule has 4 aliphatic carbocycles. The van der Waals surface area contributed by atoms with Crippen LogP contribution >= 0.6 is 0 Å². The van der Waals surface area contributed by atoms with E-state index < -0.39 is 5.54 Å². The molecule has 24 heavy (non-hydrogen) atoms. The second-order valence-corrected chi connectivity index (χ2v) is 7.82. The van der Waals surface area contributed by atoms with E-state index in [2.05, 4.69) is 15.5 Å². The number of benzene rings is 1. The summed E-state index contributed by atoms with van der Waals surface area (Å²) in [6, 6.07) is 7.84. The highest BCUT2D eigenvalue weighted by Gasteiger charge is 2.58. The lowest BCUT2D eigenvalue weighted by atomic mass is 9.48. The molecule has 1 aromatic heterocycles. The summed E-state index contributed by atoms with van der Waals surface area (Å²) in [6.07, 6.45) is 6.30. The number of ether oxygens (including phenoxy) is 1. The predicted octanol–water partition coefficient (Wildman–Crippen LogP) is 2.28. The minimum Gasteiger partial charge on any atom is -0.494 e. The second-order valence-electron chi connectivity index (χ2n) is 7.82. The van der Waals surface area contributed by atoms with Crippen molar-refractivity contribution in [2.45, 2.75) is 37.6 Å². The molecular weight excluding hydrogens is 302 g/mol. The van der Waals surface area contributed by atoms with Crippen LogP contribution in [0.25, 0.3) is 5.69 Å². The zero-order valence-corrected chi connectivity index (χ0v) is 13.9. The molecule has 0 saturated heterocycles. The number of methoxy groups -OCH3 is 1. The third kappa shape index (κ3) is 1.83. The van der Waals surface area contributed by atoms with Gasteiger partial charge in [-0.25, -0.2) is 0 Å². The van der Waals surface area contributed by atoms with Gasteiger partial charge in [-0.3, -0.25) is 0 Å². The standard InChI is InChI=1S/C18H23N5O/c1-24-16-5-3-2-4-15(16)23-17(20-21-22-23)18(19)13-7-11-6-12(9-13)10-14(18)8-11/h2-5,11-14H,6-10,19H2,1H3. The van der Waals surface area contributed by atoms with Crippen LogP contribution in [0.2, 0.25) is 0 Å². The molecule has 0 spiro atoms. The van der Waals surface area contributed by atoms with Gasteiger partial charge in [0.15, 0.2) is 5.82 Å². The molecule has 4 saturated carbocycles. The van der Waals surface area contributed by atoms with Gasteiger partial charge in [-0.2, -0.15) is 4.68 Å². The lowest BCUT2D eigenvalue weighted by molar-refractivity contribution is -0.0633. The van der Waals surface area contributed by atoms with Crippen molar-refractivity contribution in [3.63, 3.8) is 0 Å². The van der Waals surface area contributed by atoms with Gasteiger partial charge in [0.05, 0.1) is 12.6 Å². The maximum absolute atomic E-state index is 7.08. The fourth-order valence-corrected chi connectivity index (χ4v) is 5.75. The normalized spacial score (nSPS) is 36.9. The van der Waals surface area contributed by atoms with E-state index in [0.29, 0.717) is 11.8 Å². The van der Waals surface area contributed by atoms with Crippen LogP contribution < -0.4 is 10.5 Å². The number of aromatic nitrogens is 4. The third-order valence-corrected chi connectivity index (χ3v) is 6.66. The van der Waals surface area contributed by atoms with Crippen LogP contribution in [0.3, 0.4) is 0 Å². The Hall–Kier alpha value is -1.95. The second kappa shape index (κ2) is 5.02. The lowest BCUT2D eigenvalue weighted by Crippen LogP contribution is -2.61. The van der Waals surface area contributed by atoms with Gasteiger partial charge in [-0.05, 0) is 78.3 Å². The predicted molar refractivity (Wildman–Crippen MR) is 88.6 cm³/mol. The van der Waals surface area contributed by atoms with Gasteiger partial charge in [0, 0.05) is 0 Å². The smallest absolute Gasteiger partial charge is 0.177 e. The summed E-state index contributed by atoms with van der Waals surface area (Å²) >= 11 is 0. The first kappa shape index (κ1) is 14.4. The molecule has 0 aliphatic heterocycles. The van der Waals surface area contributed by atoms with E-state index in [9.17, 15) is 0 Å². The van der Waals surface area contributed by atoms with E-state index in [-0.39, 0.29) is 0 Å². The Labute approximate surface area is 141 Å². The minimum atomic E-state index is -0.419. The van der Waals surface area contributed by atoms with E-state index in [1.54, 1.807) is 11.8 Å². The Morgan fingerprint density at radius 1 is 1.08 bits per heavy atom. The summed E-state index contributed by atoms with van der Waals surface area (Å²) < 4.78 is 7.31. The van der Waals surface area contributed by atoms with Crippen LogP contribution in [0.1, 0.15) is 37.9 Å². The van der Waals surface area contributed by atoms with Crippen LogP contribution in [0.4, 0.5) is 0 Å². The van der Waals surface area contributed by atoms with Crippen LogP contribution in [0.15, 0.2) is 24.3 Å². The third-order valence-electron chi connectivity index (χ3n) is 6.66. The van der Waals surface area contributed by atoms with Gasteiger partial charge in [0.1, 0.15) is 11.4 Å². The van der Waals surface area contributed by atoms with Crippen LogP contribution in [0, 0.1) is 23.7 Å². The van der Waals surface area contributed by atoms with Gasteiger partial charge in [-0.1, -0.05) is 12.1 Å². The molecule has 2 aromatic rings. The zero-order chi connectivity index (χ0) is 16.3. The fraction of sp³-hybridized carbons (Fsp3) is 0.611. The molecule has 0 atom stereocenters. The number of tetrazole rings is 1. The molecule has 6 nitrogen and oxygen atoms in total. The van der Waals surface area contributed by atoms with Crippen molar-refractivity contribution in [2.75, 3.05) is 7.11 Å². The highest BCUT2D eigenvalue weighted by Crippen LogP contribution is 2.60. The highest BCUT2D eigenvalue weighted by molar-refractivity contribution is 5.46. The lowest BCUT2D eigenvalue weighted by Gasteiger charge is -2.58. The topological polar surface area (TPSA) is 78.8 Å². The van der Waals surface area contributed by atoms with E-state index in [0.717, 1.165) is 29.1 Å². The molecule has 2 N–H and O–H groups in total. The van der Waals surface area contributed by atoms with Gasteiger partial charge < -0.3 is 10.5 Å². The minimum absolute atomic E-state index is 0.419. The van der Waals surface area contributed by atoms with Crippen molar-refractivity contribution in [3.8, 4) is 11.4 Å². The monoisotopic (exact) mass is 325 g/mol. The van der Waals surface area contributed by atoms with Crippen molar-refractivity contribution >= 4 is 0 Å². The van der Waals surface area contributed by atoms with E-state index in [1.807, 2.05) is 24.3 Å². The number of nitrogens with zero attached hydrogens (tertiary/aromatic N) is 4. The molecule has 0 radical (unpaired) electrons. The molecule has 6 heteroatoms. The average Bonchev–Trinajstić information content (AvgIpc) is 3.09. The molecule has 4 bridgehead atoms. The first-order valence-corrected chi connectivity index (χ1v) is 8.91. The maximum atomic E-state index is 7.08. The highest BCUT2D eigenvalue weighted by atomic mass is 16.5. The van der Waals surface area contributed by atoms with E-state index in [1.165, 1.54) is 32.1 Å². The maximum Gasteiger partial charge on any atom is 0.177 e. The number of nitrogens with two attached hydrogens (primary N) is 1. The first-order valence-electron chi connectivity index (χ1n) is 8.91. The van der Waals surface area contributed by atoms with Gasteiger partial charge in [0.25, 0.3) is 0 Å². The molecule has 0 amide bonds. The number of hydrogen-bond donors (Lipinski definition) is 1. The number of hydrogen-bond acceptors (Lipinski definition) is 5. The molecule has 1 aromatic carbocycles. The van der Waals surface area contributed by atoms with Crippen LogP contribution in [-0.4, -0.2) is 27.3 Å². The van der Waals surface area contributed by atoms with E-state index in [4.69, 9.17) is 10.5 Å². The summed E-state index contributed by atoms with van der Waals surface area (Å²) in [6.45, 7) is 0. The molecule has 4 fully saturated rings. The van der Waals surface area contributed by atoms with Crippen molar-refractivity contribution in [2.24, 2.45) is 29.4 Å². The largest absolute Gasteiger partial charge is 0.494 e. The number of rotatable bonds is 3. The van der Waals surface area contributed by atoms with Crippen molar-refractivity contribution < 1.29 is 4.74 Å². The Balaban J connectivity index is 1.63. The van der Waals surface area contributed by atoms with Crippen LogP contribution in [0.5, 0.6) is 5.75 Å². The first-order chi connectivity index (χ1) is 11.7. The molecule has 4 aliphatic rings. The molecule has 126 valence electrons. The summed E-state index contributed by atoms with van der Waals surface area (Å²) in [5.74, 6) is 4.28. The number of para-hydroxylation sites is 2. The Morgan fingerprint density at radius 2 is 1.75 bits per heavy atom. The summed E-state index contributed by atoms with van der Waals surface area (Å²) in [5.41, 5.74) is 7.52. The Kier molecular flexibility index (Phi) is 3.01. The average molecular weight is 325 g/mol. The SMILES string of the molecule is COc1ccccc1-n1nnnc1C1(N)C2CC3CC(C2)CC1C3. The van der Waals surface area contributed by atoms with Crippen molar-refractivity contribution in [1.82, 2.24) is 20.2 Å². The van der Waals surface area contributed by atoms with Crippen molar-refractivity contribution in [1.29, 1.82) is 0 Å². The summed E-state index contributed by atoms with van der Waals surface area (Å²) in [5, 5.41) is 12.7. The van der Waals surface area contributed by atoms with Gasteiger partial charge in [-0.15, -0.1) is 5.10 Å². The molecule has 6 rings (SSSR count). The van der Waals surface area contributed by atoms with E-state index >= 15 is 0 Å². The van der Waals surface area contributed by atoms with Crippen LogP contribution in [-0.2, 0) is 5.54 Å². The van der Waals surface area contributed by atoms with Gasteiger partial charge >= 0.3 is 0 Å². The summed E-state index contributed by atoms with van der Waals surface area (Å²) in [4.78, 5) is 0. The molecule has 1 heterocycles. The zero-order valence-electron chi connectivity index (χ0n) is 13.9. The van der Waals surface area contributed by atoms with Gasteiger partial charge in [0.2, 0.25) is 0 Å². The molecular formula is C18H23N5O. The quantitative estimate of drug-likeness (QED) is 0.936. The van der Waals surface area contributed by atoms with Crippen molar-refractivity contribution in [3.05, 3.63) is 30.1 Å². The molecule has 0 unspecified atom stereocenters. The Bertz CT molecular complexity index is 742. The fourth-order valence-electron chi connectivity index (χ4n) is 5.75. The Morgan fingerprint density at radius 3 is 2.42 bits per heavy atom.